The summed E-state index contributed by atoms with van der Waals surface area (Å²) in [7, 11) is 0. The third kappa shape index (κ3) is 1.51. The first-order valence-corrected chi connectivity index (χ1v) is 4.63. The van der Waals surface area contributed by atoms with Crippen molar-refractivity contribution >= 4 is 28.9 Å². The Morgan fingerprint density at radius 3 is 2.50 bits per heavy atom. The molecule has 0 spiro atoms. The summed E-state index contributed by atoms with van der Waals surface area (Å²) in [4.78, 5) is 32.9. The minimum atomic E-state index is -0.627. The van der Waals surface area contributed by atoms with E-state index in [0.717, 1.165) is 12.1 Å². The zero-order chi connectivity index (χ0) is 11.9. The summed E-state index contributed by atoms with van der Waals surface area (Å²) in [6, 6.07) is 3.48. The number of hydrogen-bond acceptors (Lipinski definition) is 4. The molecular formula is C10H4ClNO4. The smallest absolute Gasteiger partial charge is 0.270 e. The van der Waals surface area contributed by atoms with Crippen molar-refractivity contribution in [3.05, 3.63) is 50.5 Å². The molecule has 0 heterocycles. The molecule has 0 aliphatic heterocycles. The fourth-order valence-corrected chi connectivity index (χ4v) is 1.64. The van der Waals surface area contributed by atoms with Gasteiger partial charge in [-0.2, -0.15) is 0 Å². The van der Waals surface area contributed by atoms with Crippen LogP contribution < -0.4 is 0 Å². The molecule has 16 heavy (non-hydrogen) atoms. The van der Waals surface area contributed by atoms with Crippen LogP contribution in [0.2, 0.25) is 0 Å². The van der Waals surface area contributed by atoms with Crippen molar-refractivity contribution in [1.82, 2.24) is 0 Å². The molecule has 0 amide bonds. The number of rotatable bonds is 1. The number of hydrogen-bond donors (Lipinski definition) is 0. The van der Waals surface area contributed by atoms with Gasteiger partial charge in [-0.1, -0.05) is 11.6 Å². The Balaban J connectivity index is 2.64. The van der Waals surface area contributed by atoms with E-state index in [9.17, 15) is 19.7 Å². The van der Waals surface area contributed by atoms with Crippen LogP contribution in [-0.4, -0.2) is 16.5 Å². The molecule has 80 valence electrons. The maximum absolute atomic E-state index is 11.5. The number of nitro groups is 1. The van der Waals surface area contributed by atoms with Crippen molar-refractivity contribution in [3.8, 4) is 0 Å². The van der Waals surface area contributed by atoms with Crippen LogP contribution in [0.25, 0.3) is 0 Å². The Labute approximate surface area is 94.5 Å². The number of nitro benzene ring substituents is 1. The second-order valence-electron chi connectivity index (χ2n) is 3.17. The molecule has 1 aliphatic carbocycles. The molecule has 0 radical (unpaired) electrons. The van der Waals surface area contributed by atoms with Gasteiger partial charge in [-0.3, -0.25) is 19.7 Å². The van der Waals surface area contributed by atoms with Crippen molar-refractivity contribution < 1.29 is 14.5 Å². The first-order chi connectivity index (χ1) is 7.50. The maximum Gasteiger partial charge on any atom is 0.270 e. The Kier molecular flexibility index (Phi) is 2.32. The molecule has 0 saturated heterocycles. The molecule has 2 rings (SSSR count). The zero-order valence-corrected chi connectivity index (χ0v) is 8.52. The molecule has 1 aromatic carbocycles. The minimum Gasteiger partial charge on any atom is -0.289 e. The van der Waals surface area contributed by atoms with E-state index in [0.29, 0.717) is 0 Å². The van der Waals surface area contributed by atoms with Crippen LogP contribution >= 0.6 is 11.6 Å². The van der Waals surface area contributed by atoms with E-state index in [4.69, 9.17) is 11.6 Å². The standard InChI is InChI=1S/C10H4ClNO4/c11-8-4-9(13)7-3-5(12(15)16)1-2-6(7)10(8)14/h1-4H. The van der Waals surface area contributed by atoms with Gasteiger partial charge in [-0.05, 0) is 6.07 Å². The monoisotopic (exact) mass is 237 g/mol. The highest BCUT2D eigenvalue weighted by Crippen LogP contribution is 2.26. The van der Waals surface area contributed by atoms with Gasteiger partial charge in [0.25, 0.3) is 5.69 Å². The van der Waals surface area contributed by atoms with Gasteiger partial charge in [-0.15, -0.1) is 0 Å². The number of allylic oxidation sites excluding steroid dienone is 2. The summed E-state index contributed by atoms with van der Waals surface area (Å²) in [6.07, 6.45) is 0.968. The predicted molar refractivity (Wildman–Crippen MR) is 55.7 cm³/mol. The third-order valence-corrected chi connectivity index (χ3v) is 2.48. The van der Waals surface area contributed by atoms with Crippen molar-refractivity contribution in [2.24, 2.45) is 0 Å². The van der Waals surface area contributed by atoms with Crippen LogP contribution in [0.3, 0.4) is 0 Å². The van der Waals surface area contributed by atoms with Crippen LogP contribution in [0.4, 0.5) is 5.69 Å². The van der Waals surface area contributed by atoms with Crippen LogP contribution in [0.15, 0.2) is 29.3 Å². The van der Waals surface area contributed by atoms with Gasteiger partial charge in [0.05, 0.1) is 9.96 Å². The summed E-state index contributed by atoms with van der Waals surface area (Å²) >= 11 is 5.55. The lowest BCUT2D eigenvalue weighted by molar-refractivity contribution is -0.384. The molecule has 0 aromatic heterocycles. The van der Waals surface area contributed by atoms with Crippen LogP contribution in [0.1, 0.15) is 20.7 Å². The number of non-ortho nitro benzene ring substituents is 1. The Morgan fingerprint density at radius 2 is 1.88 bits per heavy atom. The second kappa shape index (κ2) is 3.53. The van der Waals surface area contributed by atoms with E-state index in [1.807, 2.05) is 0 Å². The normalized spacial score (nSPS) is 14.4. The molecule has 1 aliphatic rings. The van der Waals surface area contributed by atoms with Crippen molar-refractivity contribution in [2.75, 3.05) is 0 Å². The first kappa shape index (κ1) is 10.5. The van der Waals surface area contributed by atoms with Gasteiger partial charge in [0, 0.05) is 29.3 Å². The van der Waals surface area contributed by atoms with E-state index in [1.54, 1.807) is 0 Å². The van der Waals surface area contributed by atoms with Gasteiger partial charge in [0.2, 0.25) is 5.78 Å². The summed E-state index contributed by atoms with van der Waals surface area (Å²) in [5, 5.41) is 10.3. The lowest BCUT2D eigenvalue weighted by Gasteiger charge is -2.10. The van der Waals surface area contributed by atoms with E-state index < -0.39 is 16.5 Å². The molecule has 0 bridgehead atoms. The van der Waals surface area contributed by atoms with Gasteiger partial charge in [-0.25, -0.2) is 0 Å². The van der Waals surface area contributed by atoms with Crippen molar-refractivity contribution in [1.29, 1.82) is 0 Å². The minimum absolute atomic E-state index is 0.0172. The Hall–Kier alpha value is -2.01. The van der Waals surface area contributed by atoms with E-state index in [-0.39, 0.29) is 21.8 Å². The molecule has 5 nitrogen and oxygen atoms in total. The highest BCUT2D eigenvalue weighted by Gasteiger charge is 2.26. The van der Waals surface area contributed by atoms with Crippen LogP contribution in [0.5, 0.6) is 0 Å². The molecule has 0 saturated carbocycles. The molecule has 0 atom stereocenters. The number of ketones is 2. The molecule has 0 N–H and O–H groups in total. The quantitative estimate of drug-likeness (QED) is 0.553. The first-order valence-electron chi connectivity index (χ1n) is 4.25. The van der Waals surface area contributed by atoms with E-state index in [1.165, 1.54) is 12.1 Å². The Morgan fingerprint density at radius 1 is 1.19 bits per heavy atom. The van der Waals surface area contributed by atoms with E-state index in [2.05, 4.69) is 0 Å². The fourth-order valence-electron chi connectivity index (χ4n) is 1.43. The Bertz CT molecular complexity index is 562. The fraction of sp³-hybridized carbons (Fsp3) is 0. The summed E-state index contributed by atoms with van der Waals surface area (Å²) < 4.78 is 0. The third-order valence-electron chi connectivity index (χ3n) is 2.20. The number of Topliss-reactive ketones (excluding diaryl/α,β-unsaturated/α-hetero) is 1. The molecule has 6 heteroatoms. The van der Waals surface area contributed by atoms with Gasteiger partial charge < -0.3 is 0 Å². The lowest BCUT2D eigenvalue weighted by atomic mass is 9.94. The molecule has 0 unspecified atom stereocenters. The van der Waals surface area contributed by atoms with Gasteiger partial charge >= 0.3 is 0 Å². The van der Waals surface area contributed by atoms with Crippen molar-refractivity contribution in [2.45, 2.75) is 0 Å². The highest BCUT2D eigenvalue weighted by molar-refractivity contribution is 6.49. The SMILES string of the molecule is O=C1C=C(Cl)C(=O)c2ccc([N+](=O)[O-])cc21. The van der Waals surface area contributed by atoms with Crippen LogP contribution in [0, 0.1) is 10.1 Å². The summed E-state index contributed by atoms with van der Waals surface area (Å²) in [6.45, 7) is 0. The number of halogens is 1. The zero-order valence-electron chi connectivity index (χ0n) is 7.77. The second-order valence-corrected chi connectivity index (χ2v) is 3.58. The largest absolute Gasteiger partial charge is 0.289 e. The van der Waals surface area contributed by atoms with Crippen LogP contribution in [-0.2, 0) is 0 Å². The predicted octanol–water partition coefficient (Wildman–Crippen LogP) is 2.10. The van der Waals surface area contributed by atoms with E-state index >= 15 is 0 Å². The average Bonchev–Trinajstić information content (AvgIpc) is 2.25. The summed E-state index contributed by atoms with van der Waals surface area (Å²) in [5.74, 6) is -0.991. The lowest BCUT2D eigenvalue weighted by Crippen LogP contribution is -2.14. The van der Waals surface area contributed by atoms with Gasteiger partial charge in [0.15, 0.2) is 5.78 Å². The highest BCUT2D eigenvalue weighted by atomic mass is 35.5. The summed E-state index contributed by atoms with van der Waals surface area (Å²) in [5.41, 5.74) is -0.113. The number of benzene rings is 1. The molecule has 0 fully saturated rings. The average molecular weight is 238 g/mol. The number of fused-ring (bicyclic) bond motifs is 1. The van der Waals surface area contributed by atoms with Gasteiger partial charge in [0.1, 0.15) is 0 Å². The maximum atomic E-state index is 11.5. The van der Waals surface area contributed by atoms with Crippen molar-refractivity contribution in [3.63, 3.8) is 0 Å². The number of carbonyl (C=O) groups excluding carboxylic acids is 2. The molecule has 1 aromatic rings. The molecular weight excluding hydrogens is 234 g/mol. The number of nitrogens with zero attached hydrogens (tertiary/aromatic N) is 1. The topological polar surface area (TPSA) is 77.3 Å². The number of carbonyl (C=O) groups is 2.